The van der Waals surface area contributed by atoms with Crippen LogP contribution in [0.4, 0.5) is 22.7 Å². The highest BCUT2D eigenvalue weighted by Gasteiger charge is 2.49. The minimum atomic E-state index is -4.44. The van der Waals surface area contributed by atoms with Gasteiger partial charge in [0, 0.05) is 151 Å². The van der Waals surface area contributed by atoms with Crippen molar-refractivity contribution >= 4 is 101 Å². The van der Waals surface area contributed by atoms with Gasteiger partial charge in [0.2, 0.25) is 11.4 Å². The summed E-state index contributed by atoms with van der Waals surface area (Å²) in [6.07, 6.45) is 26.5. The lowest BCUT2D eigenvalue weighted by Crippen LogP contribution is -2.51. The highest BCUT2D eigenvalue weighted by Crippen LogP contribution is 2.52. The van der Waals surface area contributed by atoms with E-state index in [4.69, 9.17) is 41.5 Å². The van der Waals surface area contributed by atoms with E-state index in [0.29, 0.717) is 134 Å². The number of carbonyl (C=O) groups excluding carboxylic acids is 5. The Morgan fingerprint density at radius 2 is 0.934 bits per heavy atom. The van der Waals surface area contributed by atoms with Crippen LogP contribution in [0.15, 0.2) is 161 Å². The Kier molecular flexibility index (Phi) is 33.0. The molecule has 7 heterocycles. The Bertz CT molecular complexity index is 6310. The van der Waals surface area contributed by atoms with Gasteiger partial charge in [-0.2, -0.15) is 26.0 Å². The Hall–Kier alpha value is -11.7. The maximum Gasteiger partial charge on any atom is 0.425 e. The van der Waals surface area contributed by atoms with Crippen LogP contribution < -0.4 is 29.9 Å². The zero-order chi connectivity index (χ0) is 99.7. The molecule has 7 aliphatic heterocycles. The van der Waals surface area contributed by atoms with E-state index in [1.807, 2.05) is 144 Å². The van der Waals surface area contributed by atoms with Gasteiger partial charge in [-0.15, -0.1) is 17.7 Å². The van der Waals surface area contributed by atoms with Crippen molar-refractivity contribution in [3.63, 3.8) is 0 Å². The van der Waals surface area contributed by atoms with Crippen LogP contribution in [0.3, 0.4) is 0 Å². The lowest BCUT2D eigenvalue weighted by molar-refractivity contribution is -0.442. The number of carboxylic acids is 1. The number of aliphatic carboxylic acids is 1. The number of hydrogen-bond donors (Lipinski definition) is 7. The smallest absolute Gasteiger partial charge is 0.425 e. The molecule has 0 aliphatic carbocycles. The number of rotatable bonds is 35. The Labute approximate surface area is 799 Å². The molecule has 1 fully saturated rings. The molecule has 730 valence electrons. The number of carbonyl (C=O) groups is 6. The van der Waals surface area contributed by atoms with Crippen LogP contribution in [0, 0.1) is 48.5 Å². The second kappa shape index (κ2) is 42.9. The number of amides is 4. The van der Waals surface area contributed by atoms with Crippen LogP contribution >= 0.6 is 0 Å². The number of ether oxygens (including phenoxy) is 4. The summed E-state index contributed by atoms with van der Waals surface area (Å²) in [7, 11) is -12.0. The first-order valence-corrected chi connectivity index (χ1v) is 50.0. The van der Waals surface area contributed by atoms with E-state index in [1.54, 1.807) is 18.2 Å². The molecule has 33 heteroatoms. The van der Waals surface area contributed by atoms with E-state index >= 15 is 0 Å². The van der Waals surface area contributed by atoms with E-state index in [1.165, 1.54) is 34.9 Å². The molecule has 136 heavy (non-hydrogen) atoms. The number of aromatic hydroxyl groups is 2. The van der Waals surface area contributed by atoms with Gasteiger partial charge in [-0.05, 0) is 222 Å². The highest BCUT2D eigenvalue weighted by atomic mass is 32.2. The molecule has 0 bridgehead atoms. The van der Waals surface area contributed by atoms with Crippen molar-refractivity contribution in [1.29, 1.82) is 0 Å². The monoisotopic (exact) mass is 1930 g/mol. The van der Waals surface area contributed by atoms with E-state index in [0.717, 1.165) is 114 Å². The number of hydrogen-bond acceptors (Lipinski definition) is 22. The molecular formula is C103H129N7O23S3+2. The van der Waals surface area contributed by atoms with Crippen molar-refractivity contribution in [3.05, 3.63) is 223 Å². The number of phenolic OH excluding ortho intramolecular Hbond substituents is 2. The average molecular weight is 1930 g/mol. The van der Waals surface area contributed by atoms with Gasteiger partial charge < -0.3 is 59.5 Å². The van der Waals surface area contributed by atoms with E-state index in [-0.39, 0.29) is 69.6 Å². The average Bonchev–Trinajstić information content (AvgIpc) is 1.59. The molecule has 30 nitrogen and oxygen atoms in total. The molecule has 6 aromatic rings. The molecule has 0 spiro atoms. The third-order valence-electron chi connectivity index (χ3n) is 27.3. The standard InChI is InChI=1S/C53H64N4O11S.C50H63N3O9S.O3S/c1-34-35(2)49-38(36(3)48(34)61)26-27-53(8,67-49)50(62)54-28-31-66-32-30-56-41-18-15-14-17-39(41)51(4,5)43(56)19-11-9-12-20-44-52(6,7)40-33-37(69(63,64)65)22-23-42(40)55(44)29-16-10-13-21-47(60)68-57-45(58)24-25-46(57)59;1-32-19-21-40-38(30-32)48(5,6)43(53(40)27-29-61-28-25-51-47(57)50(9)24-23-37-35(4)45(56)33(2)34(3)46(37)62-50)17-13-10-12-16-42-49(7,8)39-31-36(63(58,59)60)20-22-41(39)52(42)26-15-11-14-18-44(54)55;1-4(2)3/h9,11-12,14-15,17-20,22-23,33H,10,13,16,21,24-32H2,1-8H3,(H2-,54,61,62,63,64,65);10,12-13,16-17,19-22,30-31H,11,14-15,18,23-29H2,1-9H3,(H3-,51,54,55,56,57,58,59,60);/p+2. The Morgan fingerprint density at radius 1 is 0.485 bits per heavy atom. The number of phenols is 2. The summed E-state index contributed by atoms with van der Waals surface area (Å²) < 4.78 is 123. The number of anilines is 2. The van der Waals surface area contributed by atoms with Gasteiger partial charge >= 0.3 is 22.5 Å². The highest BCUT2D eigenvalue weighted by molar-refractivity contribution is 7.86. The topological polar surface area (TPSA) is 409 Å². The second-order valence-corrected chi connectivity index (χ2v) is 41.3. The van der Waals surface area contributed by atoms with Gasteiger partial charge in [-0.1, -0.05) is 106 Å². The van der Waals surface area contributed by atoms with Crippen LogP contribution in [0.25, 0.3) is 0 Å². The molecule has 2 atom stereocenters. The summed E-state index contributed by atoms with van der Waals surface area (Å²) in [6, 6.07) is 24.2. The summed E-state index contributed by atoms with van der Waals surface area (Å²) in [5, 5.41) is 36.8. The maximum absolute atomic E-state index is 13.4. The predicted molar refractivity (Wildman–Crippen MR) is 518 cm³/mol. The van der Waals surface area contributed by atoms with Gasteiger partial charge in [0.05, 0.1) is 40.4 Å². The number of carboxylic acid groups (broad SMARTS) is 1. The number of nitrogens with one attached hydrogen (secondary N) is 2. The third kappa shape index (κ3) is 23.1. The molecule has 13 rings (SSSR count). The maximum atomic E-state index is 13.4. The minimum Gasteiger partial charge on any atom is -0.507 e. The zero-order valence-electron chi connectivity index (χ0n) is 80.8. The summed E-state index contributed by atoms with van der Waals surface area (Å²) in [5.74, 6) is -0.959. The number of hydroxylamine groups is 2. The Balaban J connectivity index is 0.000000252. The van der Waals surface area contributed by atoms with E-state index in [9.17, 15) is 64.9 Å². The molecule has 6 aromatic carbocycles. The largest absolute Gasteiger partial charge is 0.507 e. The number of fused-ring (bicyclic) bond motifs is 6. The molecule has 2 unspecified atom stereocenters. The number of imide groups is 1. The SMILES string of the molecule is Cc1c(C)c2c(c(C)c1O)CCC(C)(C(=O)NCCOCC[N+]1=C(/C=C/C=C/C=C3/N(CCCCCC(=O)ON4C(=O)CCC4=O)c4ccc(S(=O)(=O)O)cc4C3(C)C)C(C)(C)c3ccccc31)O2.Cc1ccc2c(c1)C(C)(C)C(=CC=CC=CC1=[N+](CCCCCC(=O)O)c3ccc(S(=O)(=O)O)cc3C1(C)C)N2CCOCCNC(=O)C1(C)CCc2c(C)c(O)c(C)c(C)c2O1.O=S(=O)=O. The number of benzene rings is 6. The van der Waals surface area contributed by atoms with Gasteiger partial charge in [0.25, 0.3) is 43.9 Å². The fraction of sp³-hybridized carbons (Fsp3) is 0.456. The summed E-state index contributed by atoms with van der Waals surface area (Å²) >= 11 is 0. The molecule has 7 aliphatic rings. The van der Waals surface area contributed by atoms with Gasteiger partial charge in [0.15, 0.2) is 29.2 Å². The summed E-state index contributed by atoms with van der Waals surface area (Å²) in [4.78, 5) is 83.2. The quantitative estimate of drug-likeness (QED) is 0.00639. The van der Waals surface area contributed by atoms with Crippen molar-refractivity contribution in [2.24, 2.45) is 0 Å². The number of aryl methyl sites for hydroxylation is 1. The van der Waals surface area contributed by atoms with Gasteiger partial charge in [0.1, 0.15) is 36.1 Å². The van der Waals surface area contributed by atoms with Crippen LogP contribution in [0.2, 0.25) is 0 Å². The summed E-state index contributed by atoms with van der Waals surface area (Å²) in [6.45, 7) is 38.5. The molecule has 0 saturated carbocycles. The summed E-state index contributed by atoms with van der Waals surface area (Å²) in [5.41, 5.74) is 15.9. The number of allylic oxidation sites excluding steroid dienone is 12. The van der Waals surface area contributed by atoms with Crippen molar-refractivity contribution in [2.75, 3.05) is 75.5 Å². The molecule has 1 saturated heterocycles. The van der Waals surface area contributed by atoms with E-state index in [2.05, 4.69) is 107 Å². The van der Waals surface area contributed by atoms with Gasteiger partial charge in [-0.25, -0.2) is 4.79 Å². The number of nitrogens with zero attached hydrogens (tertiary/aromatic N) is 5. The normalized spacial score (nSPS) is 19.3. The Morgan fingerprint density at radius 3 is 1.46 bits per heavy atom. The zero-order valence-corrected chi connectivity index (χ0v) is 83.2. The fourth-order valence-electron chi connectivity index (χ4n) is 19.2. The lowest BCUT2D eigenvalue weighted by Gasteiger charge is -2.36. The first-order chi connectivity index (χ1) is 63.9. The predicted octanol–water partition coefficient (Wildman–Crippen LogP) is 15.4. The molecule has 7 N–H and O–H groups in total. The van der Waals surface area contributed by atoms with Crippen molar-refractivity contribution in [3.8, 4) is 23.0 Å². The first kappa shape index (κ1) is 105. The molecule has 0 radical (unpaired) electrons. The van der Waals surface area contributed by atoms with E-state index < -0.39 is 76.6 Å². The number of unbranched alkanes of at least 4 members (excludes halogenated alkanes) is 4. The van der Waals surface area contributed by atoms with Crippen LogP contribution in [-0.2, 0) is 108 Å². The minimum absolute atomic E-state index is 0.0304. The second-order valence-electron chi connectivity index (χ2n) is 38.0. The van der Waals surface area contributed by atoms with Crippen LogP contribution in [0.1, 0.15) is 219 Å². The molecular weight excluding hydrogens is 1800 g/mol. The number of para-hydroxylation sites is 1. The molecule has 0 aromatic heterocycles. The third-order valence-corrected chi connectivity index (χ3v) is 29.0. The molecule has 4 amide bonds. The first-order valence-electron chi connectivity index (χ1n) is 46.1. The van der Waals surface area contributed by atoms with Crippen molar-refractivity contribution in [2.45, 2.75) is 250 Å². The fourth-order valence-corrected chi connectivity index (χ4v) is 20.2. The van der Waals surface area contributed by atoms with Crippen LogP contribution in [-0.4, -0.2) is 192 Å². The van der Waals surface area contributed by atoms with Crippen molar-refractivity contribution in [1.82, 2.24) is 15.7 Å². The van der Waals surface area contributed by atoms with Gasteiger partial charge in [-0.3, -0.25) is 33.1 Å². The van der Waals surface area contributed by atoms with Crippen LogP contribution in [0.5, 0.6) is 23.0 Å². The lowest BCUT2D eigenvalue weighted by atomic mass is 9.81. The van der Waals surface area contributed by atoms with Crippen molar-refractivity contribution < 1.29 is 116 Å².